The second kappa shape index (κ2) is 12.7. The summed E-state index contributed by atoms with van der Waals surface area (Å²) in [7, 11) is 0. The van der Waals surface area contributed by atoms with Gasteiger partial charge < -0.3 is 31.9 Å². The van der Waals surface area contributed by atoms with Crippen LogP contribution in [-0.2, 0) is 25.6 Å². The van der Waals surface area contributed by atoms with E-state index in [-0.39, 0.29) is 12.3 Å². The minimum atomic E-state index is -1.50. The Morgan fingerprint density at radius 1 is 1.00 bits per heavy atom. The van der Waals surface area contributed by atoms with Crippen molar-refractivity contribution in [2.24, 2.45) is 11.7 Å². The molecule has 3 amide bonds. The third-order valence-electron chi connectivity index (χ3n) is 4.47. The number of benzene rings is 1. The third kappa shape index (κ3) is 9.58. The van der Waals surface area contributed by atoms with Crippen LogP contribution in [0.3, 0.4) is 0 Å². The summed E-state index contributed by atoms with van der Waals surface area (Å²) in [5, 5.41) is 25.6. The molecule has 0 aliphatic rings. The summed E-state index contributed by atoms with van der Waals surface area (Å²) in [6, 6.07) is 5.75. The van der Waals surface area contributed by atoms with Crippen LogP contribution in [-0.4, -0.2) is 64.7 Å². The van der Waals surface area contributed by atoms with Crippen molar-refractivity contribution in [3.63, 3.8) is 0 Å². The van der Waals surface area contributed by atoms with Crippen molar-refractivity contribution in [2.75, 3.05) is 6.54 Å². The van der Waals surface area contributed by atoms with Crippen LogP contribution in [0.2, 0.25) is 0 Å². The standard InChI is InChI=1S/C21H32N4O6/c1-12(2)9-15(22)19(28)24-16(10-14-7-5-4-6-8-14)20(29)23-11-17(27)25-18(13(3)26)21(30)31/h4-8,12-13,15-16,18,26H,9-11,22H2,1-3H3,(H,23,29)(H,24,28)(H,25,27)(H,30,31). The Labute approximate surface area is 181 Å². The zero-order chi connectivity index (χ0) is 23.6. The largest absolute Gasteiger partial charge is 0.480 e. The van der Waals surface area contributed by atoms with E-state index >= 15 is 0 Å². The summed E-state index contributed by atoms with van der Waals surface area (Å²) in [5.41, 5.74) is 6.70. The van der Waals surface area contributed by atoms with Gasteiger partial charge in [-0.25, -0.2) is 4.79 Å². The predicted molar refractivity (Wildman–Crippen MR) is 114 cm³/mol. The van der Waals surface area contributed by atoms with Crippen LogP contribution in [0.25, 0.3) is 0 Å². The van der Waals surface area contributed by atoms with E-state index in [1.807, 2.05) is 19.9 Å². The number of carboxylic acid groups (broad SMARTS) is 1. The van der Waals surface area contributed by atoms with Crippen LogP contribution >= 0.6 is 0 Å². The molecule has 0 fully saturated rings. The molecule has 0 bridgehead atoms. The highest BCUT2D eigenvalue weighted by Crippen LogP contribution is 2.06. The first-order valence-electron chi connectivity index (χ1n) is 10.1. The van der Waals surface area contributed by atoms with Gasteiger partial charge in [-0.2, -0.15) is 0 Å². The molecule has 1 rings (SSSR count). The molecule has 10 nitrogen and oxygen atoms in total. The van der Waals surface area contributed by atoms with Crippen molar-refractivity contribution in [1.29, 1.82) is 0 Å². The topological polar surface area (TPSA) is 171 Å². The number of carboxylic acids is 1. The van der Waals surface area contributed by atoms with Crippen molar-refractivity contribution >= 4 is 23.7 Å². The number of hydrogen-bond acceptors (Lipinski definition) is 6. The van der Waals surface area contributed by atoms with Crippen molar-refractivity contribution in [2.45, 2.75) is 57.8 Å². The molecule has 0 saturated heterocycles. The van der Waals surface area contributed by atoms with Crippen molar-refractivity contribution in [1.82, 2.24) is 16.0 Å². The lowest BCUT2D eigenvalue weighted by Crippen LogP contribution is -2.55. The van der Waals surface area contributed by atoms with Gasteiger partial charge in [0.1, 0.15) is 6.04 Å². The Kier molecular flexibility index (Phi) is 10.6. The zero-order valence-electron chi connectivity index (χ0n) is 18.0. The van der Waals surface area contributed by atoms with Gasteiger partial charge in [-0.15, -0.1) is 0 Å². The Morgan fingerprint density at radius 2 is 1.61 bits per heavy atom. The number of hydrogen-bond donors (Lipinski definition) is 6. The molecule has 0 aliphatic carbocycles. The fraction of sp³-hybridized carbons (Fsp3) is 0.524. The molecule has 1 aromatic rings. The number of aliphatic hydroxyl groups excluding tert-OH is 1. The van der Waals surface area contributed by atoms with Crippen molar-refractivity contribution < 1.29 is 29.4 Å². The maximum Gasteiger partial charge on any atom is 0.328 e. The van der Waals surface area contributed by atoms with E-state index in [1.54, 1.807) is 24.3 Å². The predicted octanol–water partition coefficient (Wildman–Crippen LogP) is -0.846. The molecule has 0 spiro atoms. The van der Waals surface area contributed by atoms with Gasteiger partial charge in [0.2, 0.25) is 17.7 Å². The van der Waals surface area contributed by atoms with Crippen LogP contribution in [0.15, 0.2) is 30.3 Å². The van der Waals surface area contributed by atoms with Gasteiger partial charge in [-0.05, 0) is 24.8 Å². The van der Waals surface area contributed by atoms with Gasteiger partial charge in [0.25, 0.3) is 0 Å². The number of carbonyl (C=O) groups is 4. The van der Waals surface area contributed by atoms with E-state index < -0.39 is 54.5 Å². The second-order valence-electron chi connectivity index (χ2n) is 7.83. The summed E-state index contributed by atoms with van der Waals surface area (Å²) in [6.45, 7) is 4.56. The summed E-state index contributed by atoms with van der Waals surface area (Å²) < 4.78 is 0. The lowest BCUT2D eigenvalue weighted by atomic mass is 10.0. The highest BCUT2D eigenvalue weighted by Gasteiger charge is 2.27. The highest BCUT2D eigenvalue weighted by molar-refractivity contribution is 5.92. The quantitative estimate of drug-likeness (QED) is 0.248. The molecule has 31 heavy (non-hydrogen) atoms. The maximum atomic E-state index is 12.7. The molecule has 0 saturated carbocycles. The van der Waals surface area contributed by atoms with Crippen LogP contribution in [0.4, 0.5) is 0 Å². The van der Waals surface area contributed by atoms with E-state index in [9.17, 15) is 24.3 Å². The van der Waals surface area contributed by atoms with Crippen LogP contribution in [0.5, 0.6) is 0 Å². The minimum Gasteiger partial charge on any atom is -0.480 e. The Bertz CT molecular complexity index is 753. The van der Waals surface area contributed by atoms with Gasteiger partial charge in [0.15, 0.2) is 6.04 Å². The van der Waals surface area contributed by atoms with Gasteiger partial charge >= 0.3 is 5.97 Å². The summed E-state index contributed by atoms with van der Waals surface area (Å²) >= 11 is 0. The first kappa shape index (κ1) is 26.1. The fourth-order valence-electron chi connectivity index (χ4n) is 2.86. The Balaban J connectivity index is 2.79. The van der Waals surface area contributed by atoms with Crippen molar-refractivity contribution in [3.05, 3.63) is 35.9 Å². The Hall–Kier alpha value is -2.98. The SMILES string of the molecule is CC(C)CC(N)C(=O)NC(Cc1ccccc1)C(=O)NCC(=O)NC(C(=O)O)C(C)O. The average Bonchev–Trinajstić information content (AvgIpc) is 2.69. The molecule has 0 aliphatic heterocycles. The van der Waals surface area contributed by atoms with Gasteiger partial charge in [0.05, 0.1) is 18.7 Å². The van der Waals surface area contributed by atoms with E-state index in [0.29, 0.717) is 6.42 Å². The highest BCUT2D eigenvalue weighted by atomic mass is 16.4. The van der Waals surface area contributed by atoms with E-state index in [1.165, 1.54) is 6.92 Å². The molecule has 4 unspecified atom stereocenters. The monoisotopic (exact) mass is 436 g/mol. The summed E-state index contributed by atoms with van der Waals surface area (Å²) in [5.74, 6) is -3.09. The van der Waals surface area contributed by atoms with Crippen molar-refractivity contribution in [3.8, 4) is 0 Å². The number of carbonyl (C=O) groups excluding carboxylic acids is 3. The number of nitrogens with two attached hydrogens (primary N) is 1. The minimum absolute atomic E-state index is 0.180. The fourth-order valence-corrected chi connectivity index (χ4v) is 2.86. The average molecular weight is 437 g/mol. The number of aliphatic hydroxyl groups is 1. The van der Waals surface area contributed by atoms with Gasteiger partial charge in [-0.3, -0.25) is 14.4 Å². The number of rotatable bonds is 12. The van der Waals surface area contributed by atoms with E-state index in [4.69, 9.17) is 10.8 Å². The van der Waals surface area contributed by atoms with Crippen LogP contribution < -0.4 is 21.7 Å². The normalized spacial score (nSPS) is 14.8. The first-order valence-corrected chi connectivity index (χ1v) is 10.1. The van der Waals surface area contributed by atoms with E-state index in [0.717, 1.165) is 5.56 Å². The van der Waals surface area contributed by atoms with Gasteiger partial charge in [0, 0.05) is 6.42 Å². The summed E-state index contributed by atoms with van der Waals surface area (Å²) in [4.78, 5) is 48.2. The first-order chi connectivity index (χ1) is 14.5. The molecule has 0 heterocycles. The van der Waals surface area contributed by atoms with Gasteiger partial charge in [-0.1, -0.05) is 44.2 Å². The van der Waals surface area contributed by atoms with Crippen LogP contribution in [0.1, 0.15) is 32.8 Å². The molecule has 0 aromatic heterocycles. The van der Waals surface area contributed by atoms with E-state index in [2.05, 4.69) is 16.0 Å². The maximum absolute atomic E-state index is 12.7. The number of nitrogens with one attached hydrogen (secondary N) is 3. The molecular weight excluding hydrogens is 404 g/mol. The molecular formula is C21H32N4O6. The Morgan fingerprint density at radius 3 is 2.13 bits per heavy atom. The summed E-state index contributed by atoms with van der Waals surface area (Å²) in [6.07, 6.45) is -0.686. The second-order valence-corrected chi connectivity index (χ2v) is 7.83. The molecule has 1 aromatic carbocycles. The number of aliphatic carboxylic acids is 1. The smallest absolute Gasteiger partial charge is 0.328 e. The zero-order valence-corrected chi connectivity index (χ0v) is 18.0. The lowest BCUT2D eigenvalue weighted by molar-refractivity contribution is -0.144. The molecule has 0 radical (unpaired) electrons. The lowest BCUT2D eigenvalue weighted by Gasteiger charge is -2.22. The van der Waals surface area contributed by atoms with Crippen LogP contribution in [0, 0.1) is 5.92 Å². The molecule has 172 valence electrons. The molecule has 10 heteroatoms. The molecule has 4 atom stereocenters. The molecule has 7 N–H and O–H groups in total. The third-order valence-corrected chi connectivity index (χ3v) is 4.47. The number of amides is 3.